The minimum Gasteiger partial charge on any atom is -0.379 e. The van der Waals surface area contributed by atoms with Gasteiger partial charge in [-0.15, -0.1) is 11.8 Å². The monoisotopic (exact) mass is 430 g/mol. The Bertz CT molecular complexity index is 995. The van der Waals surface area contributed by atoms with Gasteiger partial charge in [0.15, 0.2) is 0 Å². The molecule has 1 N–H and O–H groups in total. The third kappa shape index (κ3) is 4.67. The van der Waals surface area contributed by atoms with Crippen molar-refractivity contribution in [2.75, 3.05) is 12.3 Å². The van der Waals surface area contributed by atoms with E-state index in [4.69, 9.17) is 0 Å². The first-order valence-electron chi connectivity index (χ1n) is 9.54. The Morgan fingerprint density at radius 3 is 2.14 bits per heavy atom. The summed E-state index contributed by atoms with van der Waals surface area (Å²) >= 11 is 1.74. The number of sulfonamides is 1. The molecule has 1 aliphatic rings. The minimum atomic E-state index is -3.93. The van der Waals surface area contributed by atoms with Crippen molar-refractivity contribution in [1.29, 1.82) is 0 Å². The number of rotatable bonds is 7. The molecule has 2 aromatic rings. The lowest BCUT2D eigenvalue weighted by molar-refractivity contribution is -0.125. The summed E-state index contributed by atoms with van der Waals surface area (Å²) in [5.74, 6) is 0.376. The highest BCUT2D eigenvalue weighted by Gasteiger charge is 2.49. The second-order valence-electron chi connectivity index (χ2n) is 7.76. The van der Waals surface area contributed by atoms with E-state index in [1.54, 1.807) is 56.8 Å². The van der Waals surface area contributed by atoms with Gasteiger partial charge in [-0.25, -0.2) is 12.7 Å². The Kier molecular flexibility index (Phi) is 6.39. The third-order valence-corrected chi connectivity index (χ3v) is 7.65. The van der Waals surface area contributed by atoms with Gasteiger partial charge in [-0.3, -0.25) is 4.79 Å². The smallest absolute Gasteiger partial charge is 0.285 e. The summed E-state index contributed by atoms with van der Waals surface area (Å²) in [6.07, 6.45) is 0.800. The number of carbonyl (C=O) groups is 1. The van der Waals surface area contributed by atoms with E-state index >= 15 is 0 Å². The van der Waals surface area contributed by atoms with Gasteiger partial charge in [0.25, 0.3) is 15.9 Å². The van der Waals surface area contributed by atoms with E-state index < -0.39 is 21.5 Å². The SMILES string of the molecule is CC(C)(C)N1C(=O)C(NCCCSc2ccccc2)=C(c2ccccc2)S1(=O)=O. The molecule has 0 spiro atoms. The average molecular weight is 431 g/mol. The van der Waals surface area contributed by atoms with Crippen LogP contribution in [-0.2, 0) is 14.8 Å². The molecule has 1 heterocycles. The number of benzene rings is 2. The van der Waals surface area contributed by atoms with Crippen LogP contribution in [0.3, 0.4) is 0 Å². The van der Waals surface area contributed by atoms with Gasteiger partial charge in [0.1, 0.15) is 10.6 Å². The van der Waals surface area contributed by atoms with E-state index in [9.17, 15) is 13.2 Å². The first-order valence-corrected chi connectivity index (χ1v) is 12.0. The van der Waals surface area contributed by atoms with Gasteiger partial charge in [0.05, 0.1) is 5.54 Å². The molecule has 0 fully saturated rings. The number of hydrogen-bond donors (Lipinski definition) is 1. The number of nitrogens with zero attached hydrogens (tertiary/aromatic N) is 1. The molecule has 0 aromatic heterocycles. The molecule has 3 rings (SSSR count). The maximum absolute atomic E-state index is 13.2. The van der Waals surface area contributed by atoms with Gasteiger partial charge in [-0.2, -0.15) is 0 Å². The number of carbonyl (C=O) groups excluding carboxylic acids is 1. The summed E-state index contributed by atoms with van der Waals surface area (Å²) in [7, 11) is -3.93. The fraction of sp³-hybridized carbons (Fsp3) is 0.318. The van der Waals surface area contributed by atoms with E-state index in [1.165, 1.54) is 4.90 Å². The van der Waals surface area contributed by atoms with Gasteiger partial charge in [-0.1, -0.05) is 48.5 Å². The highest BCUT2D eigenvalue weighted by molar-refractivity contribution is 7.99. The summed E-state index contributed by atoms with van der Waals surface area (Å²) in [4.78, 5) is 14.3. The van der Waals surface area contributed by atoms with Crippen LogP contribution in [0.15, 0.2) is 71.3 Å². The Balaban J connectivity index is 1.79. The van der Waals surface area contributed by atoms with E-state index in [1.807, 2.05) is 24.3 Å². The lowest BCUT2D eigenvalue weighted by Crippen LogP contribution is -2.46. The van der Waals surface area contributed by atoms with Gasteiger partial charge in [0.2, 0.25) is 0 Å². The zero-order valence-electron chi connectivity index (χ0n) is 16.9. The van der Waals surface area contributed by atoms with Crippen LogP contribution in [0.5, 0.6) is 0 Å². The van der Waals surface area contributed by atoms with E-state index in [0.29, 0.717) is 12.1 Å². The zero-order chi connectivity index (χ0) is 21.1. The Morgan fingerprint density at radius 2 is 1.55 bits per heavy atom. The second kappa shape index (κ2) is 8.63. The van der Waals surface area contributed by atoms with Crippen molar-refractivity contribution >= 4 is 32.6 Å². The van der Waals surface area contributed by atoms with Crippen molar-refractivity contribution in [2.24, 2.45) is 0 Å². The predicted octanol–water partition coefficient (Wildman–Crippen LogP) is 4.10. The molecular formula is C22H26N2O3S2. The molecule has 0 radical (unpaired) electrons. The summed E-state index contributed by atoms with van der Waals surface area (Å²) in [6, 6.07) is 18.9. The number of thioether (sulfide) groups is 1. The molecule has 5 nitrogen and oxygen atoms in total. The van der Waals surface area contributed by atoms with E-state index in [-0.39, 0.29) is 10.6 Å². The average Bonchev–Trinajstić information content (AvgIpc) is 2.87. The molecule has 0 saturated heterocycles. The summed E-state index contributed by atoms with van der Waals surface area (Å²) in [6.45, 7) is 5.70. The maximum atomic E-state index is 13.2. The van der Waals surface area contributed by atoms with Crippen LogP contribution in [-0.4, -0.2) is 36.5 Å². The summed E-state index contributed by atoms with van der Waals surface area (Å²) in [5.41, 5.74) is -0.160. The summed E-state index contributed by atoms with van der Waals surface area (Å²) < 4.78 is 27.5. The van der Waals surface area contributed by atoms with Crippen molar-refractivity contribution < 1.29 is 13.2 Å². The molecule has 1 aliphatic heterocycles. The molecular weight excluding hydrogens is 404 g/mol. The number of nitrogens with one attached hydrogen (secondary N) is 1. The Hall–Kier alpha value is -2.25. The molecule has 0 atom stereocenters. The maximum Gasteiger partial charge on any atom is 0.285 e. The highest BCUT2D eigenvalue weighted by Crippen LogP contribution is 2.38. The second-order valence-corrected chi connectivity index (χ2v) is 10.6. The molecule has 0 saturated carbocycles. The van der Waals surface area contributed by atoms with Crippen LogP contribution >= 0.6 is 11.8 Å². The first kappa shape index (κ1) is 21.5. The lowest BCUT2D eigenvalue weighted by Gasteiger charge is -2.30. The van der Waals surface area contributed by atoms with Crippen LogP contribution in [0.2, 0.25) is 0 Å². The summed E-state index contributed by atoms with van der Waals surface area (Å²) in [5, 5.41) is 3.12. The molecule has 2 aromatic carbocycles. The lowest BCUT2D eigenvalue weighted by atomic mass is 10.1. The van der Waals surface area contributed by atoms with Crippen LogP contribution in [0.1, 0.15) is 32.8 Å². The van der Waals surface area contributed by atoms with E-state index in [0.717, 1.165) is 16.5 Å². The predicted molar refractivity (Wildman–Crippen MR) is 119 cm³/mol. The molecule has 0 unspecified atom stereocenters. The molecule has 7 heteroatoms. The molecule has 154 valence electrons. The van der Waals surface area contributed by atoms with Crippen LogP contribution in [0.4, 0.5) is 0 Å². The van der Waals surface area contributed by atoms with Crippen LogP contribution in [0.25, 0.3) is 4.91 Å². The quantitative estimate of drug-likeness (QED) is 0.529. The van der Waals surface area contributed by atoms with Gasteiger partial charge in [-0.05, 0) is 50.6 Å². The van der Waals surface area contributed by atoms with Crippen molar-refractivity contribution in [3.63, 3.8) is 0 Å². The normalized spacial score (nSPS) is 16.4. The first-order chi connectivity index (χ1) is 13.7. The number of hydrogen-bond acceptors (Lipinski definition) is 5. The van der Waals surface area contributed by atoms with Crippen molar-refractivity contribution in [3.05, 3.63) is 71.9 Å². The van der Waals surface area contributed by atoms with Gasteiger partial charge >= 0.3 is 0 Å². The molecule has 0 aliphatic carbocycles. The largest absolute Gasteiger partial charge is 0.379 e. The third-order valence-electron chi connectivity index (χ3n) is 4.40. The van der Waals surface area contributed by atoms with Crippen LogP contribution < -0.4 is 5.32 Å². The fourth-order valence-electron chi connectivity index (χ4n) is 3.22. The van der Waals surface area contributed by atoms with E-state index in [2.05, 4.69) is 17.4 Å². The van der Waals surface area contributed by atoms with Gasteiger partial charge in [0, 0.05) is 11.4 Å². The van der Waals surface area contributed by atoms with Crippen LogP contribution in [0, 0.1) is 0 Å². The molecule has 1 amide bonds. The molecule has 0 bridgehead atoms. The van der Waals surface area contributed by atoms with Crippen molar-refractivity contribution in [1.82, 2.24) is 9.62 Å². The number of amides is 1. The van der Waals surface area contributed by atoms with Crippen molar-refractivity contribution in [2.45, 2.75) is 37.6 Å². The standard InChI is InChI=1S/C22H26N2O3S2/c1-22(2,3)24-21(25)19(20(29(24,26)27)17-11-6-4-7-12-17)23-15-10-16-28-18-13-8-5-9-14-18/h4-9,11-14,23H,10,15-16H2,1-3H3. The van der Waals surface area contributed by atoms with Crippen molar-refractivity contribution in [3.8, 4) is 0 Å². The topological polar surface area (TPSA) is 66.5 Å². The zero-order valence-corrected chi connectivity index (χ0v) is 18.5. The Morgan fingerprint density at radius 1 is 0.966 bits per heavy atom. The van der Waals surface area contributed by atoms with Gasteiger partial charge < -0.3 is 5.32 Å². The minimum absolute atomic E-state index is 0.0636. The molecule has 29 heavy (non-hydrogen) atoms. The Labute approximate surface area is 177 Å². The highest BCUT2D eigenvalue weighted by atomic mass is 32.2. The fourth-order valence-corrected chi connectivity index (χ4v) is 6.16.